The first-order valence-corrected chi connectivity index (χ1v) is 9.34. The third-order valence-electron chi connectivity index (χ3n) is 3.60. The van der Waals surface area contributed by atoms with Crippen LogP contribution in [0.25, 0.3) is 0 Å². The van der Waals surface area contributed by atoms with Gasteiger partial charge in [-0.05, 0) is 65.4 Å². The van der Waals surface area contributed by atoms with E-state index in [1.165, 1.54) is 0 Å². The predicted octanol–water partition coefficient (Wildman–Crippen LogP) is 3.49. The minimum absolute atomic E-state index is 0.0474. The van der Waals surface area contributed by atoms with Gasteiger partial charge in [-0.2, -0.15) is 0 Å². The van der Waals surface area contributed by atoms with Gasteiger partial charge in [0.2, 0.25) is 5.91 Å². The minimum atomic E-state index is -0.437. The summed E-state index contributed by atoms with van der Waals surface area (Å²) >= 11 is 2.06. The average Bonchev–Trinajstić information content (AvgIpc) is 2.65. The SMILES string of the molecule is CCCCC(=O)Nc1ccc(C(=O)NNC(=O)c2ccccc2I)cc1. The summed E-state index contributed by atoms with van der Waals surface area (Å²) in [6.45, 7) is 2.03. The van der Waals surface area contributed by atoms with Crippen molar-refractivity contribution in [3.8, 4) is 0 Å². The molecular formula is C19H20IN3O3. The van der Waals surface area contributed by atoms with Crippen LogP contribution in [0.5, 0.6) is 0 Å². The molecule has 0 fully saturated rings. The summed E-state index contributed by atoms with van der Waals surface area (Å²) in [4.78, 5) is 35.9. The van der Waals surface area contributed by atoms with Crippen molar-refractivity contribution in [3.05, 3.63) is 63.2 Å². The van der Waals surface area contributed by atoms with Crippen molar-refractivity contribution in [1.82, 2.24) is 10.9 Å². The quantitative estimate of drug-likeness (QED) is 0.451. The Morgan fingerprint density at radius 2 is 1.58 bits per heavy atom. The fourth-order valence-electron chi connectivity index (χ4n) is 2.16. The number of amides is 3. The zero-order valence-corrected chi connectivity index (χ0v) is 16.5. The molecule has 0 saturated carbocycles. The van der Waals surface area contributed by atoms with Gasteiger partial charge in [0.05, 0.1) is 5.56 Å². The van der Waals surface area contributed by atoms with Crippen LogP contribution in [0.2, 0.25) is 0 Å². The molecule has 3 amide bonds. The van der Waals surface area contributed by atoms with Gasteiger partial charge < -0.3 is 5.32 Å². The molecule has 2 aromatic carbocycles. The van der Waals surface area contributed by atoms with Gasteiger partial charge in [0.1, 0.15) is 0 Å². The molecule has 26 heavy (non-hydrogen) atoms. The predicted molar refractivity (Wildman–Crippen MR) is 109 cm³/mol. The van der Waals surface area contributed by atoms with E-state index in [2.05, 4.69) is 38.8 Å². The van der Waals surface area contributed by atoms with Gasteiger partial charge in [-0.15, -0.1) is 0 Å². The lowest BCUT2D eigenvalue weighted by Crippen LogP contribution is -2.41. The highest BCUT2D eigenvalue weighted by Gasteiger charge is 2.11. The number of carbonyl (C=O) groups is 3. The first kappa shape index (κ1) is 19.9. The summed E-state index contributed by atoms with van der Waals surface area (Å²) in [6.07, 6.45) is 2.27. The molecule has 0 unspecified atom stereocenters. The van der Waals surface area contributed by atoms with E-state index in [0.717, 1.165) is 16.4 Å². The molecule has 0 aliphatic rings. The van der Waals surface area contributed by atoms with Gasteiger partial charge in [0.25, 0.3) is 11.8 Å². The summed E-state index contributed by atoms with van der Waals surface area (Å²) in [7, 11) is 0. The maximum Gasteiger partial charge on any atom is 0.270 e. The molecule has 2 aromatic rings. The van der Waals surface area contributed by atoms with Crippen molar-refractivity contribution < 1.29 is 14.4 Å². The lowest BCUT2D eigenvalue weighted by atomic mass is 10.2. The molecule has 3 N–H and O–H groups in total. The second-order valence-corrected chi connectivity index (χ2v) is 6.78. The highest BCUT2D eigenvalue weighted by molar-refractivity contribution is 14.1. The molecule has 0 bridgehead atoms. The highest BCUT2D eigenvalue weighted by Crippen LogP contribution is 2.12. The van der Waals surface area contributed by atoms with E-state index in [1.54, 1.807) is 36.4 Å². The largest absolute Gasteiger partial charge is 0.326 e. The highest BCUT2D eigenvalue weighted by atomic mass is 127. The average molecular weight is 465 g/mol. The van der Waals surface area contributed by atoms with Crippen LogP contribution in [-0.2, 0) is 4.79 Å². The number of rotatable bonds is 6. The Hall–Kier alpha value is -2.42. The van der Waals surface area contributed by atoms with E-state index in [1.807, 2.05) is 19.1 Å². The molecule has 136 valence electrons. The summed E-state index contributed by atoms with van der Waals surface area (Å²) < 4.78 is 0.792. The Bertz CT molecular complexity index is 791. The van der Waals surface area contributed by atoms with Gasteiger partial charge in [0, 0.05) is 21.2 Å². The molecule has 0 radical (unpaired) electrons. The first-order valence-electron chi connectivity index (χ1n) is 8.26. The zero-order valence-electron chi connectivity index (χ0n) is 14.3. The second kappa shape index (κ2) is 9.91. The van der Waals surface area contributed by atoms with Gasteiger partial charge in [-0.1, -0.05) is 25.5 Å². The van der Waals surface area contributed by atoms with Crippen LogP contribution in [0.15, 0.2) is 48.5 Å². The molecule has 6 nitrogen and oxygen atoms in total. The second-order valence-electron chi connectivity index (χ2n) is 5.62. The first-order chi connectivity index (χ1) is 12.5. The Morgan fingerprint density at radius 1 is 0.923 bits per heavy atom. The van der Waals surface area contributed by atoms with Crippen LogP contribution in [0.1, 0.15) is 46.9 Å². The van der Waals surface area contributed by atoms with Crippen LogP contribution in [0.4, 0.5) is 5.69 Å². The smallest absolute Gasteiger partial charge is 0.270 e. The molecule has 0 heterocycles. The number of carbonyl (C=O) groups excluding carboxylic acids is 3. The lowest BCUT2D eigenvalue weighted by Gasteiger charge is -2.09. The number of unbranched alkanes of at least 4 members (excludes halogenated alkanes) is 1. The number of benzene rings is 2. The molecule has 0 aliphatic carbocycles. The summed E-state index contributed by atoms with van der Waals surface area (Å²) in [5.41, 5.74) is 6.27. The third-order valence-corrected chi connectivity index (χ3v) is 4.54. The molecule has 0 atom stereocenters. The summed E-state index contributed by atoms with van der Waals surface area (Å²) in [6, 6.07) is 13.6. The Kier molecular flexibility index (Phi) is 7.58. The van der Waals surface area contributed by atoms with Gasteiger partial charge in [-0.25, -0.2) is 0 Å². The van der Waals surface area contributed by atoms with E-state index < -0.39 is 5.91 Å². The Labute approximate surface area is 165 Å². The molecule has 7 heteroatoms. The van der Waals surface area contributed by atoms with Gasteiger partial charge in [-0.3, -0.25) is 25.2 Å². The van der Waals surface area contributed by atoms with E-state index >= 15 is 0 Å². The zero-order chi connectivity index (χ0) is 18.9. The maximum absolute atomic E-state index is 12.1. The van der Waals surface area contributed by atoms with Crippen LogP contribution in [-0.4, -0.2) is 17.7 Å². The normalized spacial score (nSPS) is 10.1. The molecule has 0 saturated heterocycles. The number of hydrogen-bond donors (Lipinski definition) is 3. The van der Waals surface area contributed by atoms with E-state index in [-0.39, 0.29) is 11.8 Å². The summed E-state index contributed by atoms with van der Waals surface area (Å²) in [5.74, 6) is -0.870. The van der Waals surface area contributed by atoms with Crippen LogP contribution < -0.4 is 16.2 Å². The van der Waals surface area contributed by atoms with Crippen LogP contribution in [0, 0.1) is 3.57 Å². The molecule has 0 spiro atoms. The van der Waals surface area contributed by atoms with Crippen molar-refractivity contribution in [2.75, 3.05) is 5.32 Å². The molecule has 0 aromatic heterocycles. The standard InChI is InChI=1S/C19H20IN3O3/c1-2-3-8-17(24)21-14-11-9-13(10-12-14)18(25)22-23-19(26)15-6-4-5-7-16(15)20/h4-7,9-12H,2-3,8H2,1H3,(H,21,24)(H,22,25)(H,23,26). The minimum Gasteiger partial charge on any atom is -0.326 e. The number of anilines is 1. The topological polar surface area (TPSA) is 87.3 Å². The Balaban J connectivity index is 1.89. The monoisotopic (exact) mass is 465 g/mol. The lowest BCUT2D eigenvalue weighted by molar-refractivity contribution is -0.116. The fraction of sp³-hybridized carbons (Fsp3) is 0.211. The molecule has 2 rings (SSSR count). The third kappa shape index (κ3) is 5.83. The van der Waals surface area contributed by atoms with Gasteiger partial charge >= 0.3 is 0 Å². The maximum atomic E-state index is 12.1. The fourth-order valence-corrected chi connectivity index (χ4v) is 2.80. The molecular weight excluding hydrogens is 445 g/mol. The van der Waals surface area contributed by atoms with Crippen molar-refractivity contribution in [3.63, 3.8) is 0 Å². The van der Waals surface area contributed by atoms with Crippen molar-refractivity contribution in [2.24, 2.45) is 0 Å². The molecule has 0 aliphatic heterocycles. The number of hydrogen-bond acceptors (Lipinski definition) is 3. The van der Waals surface area contributed by atoms with Crippen molar-refractivity contribution in [2.45, 2.75) is 26.2 Å². The van der Waals surface area contributed by atoms with E-state index in [4.69, 9.17) is 0 Å². The van der Waals surface area contributed by atoms with Gasteiger partial charge in [0.15, 0.2) is 0 Å². The Morgan fingerprint density at radius 3 is 2.23 bits per heavy atom. The van der Waals surface area contributed by atoms with E-state index in [9.17, 15) is 14.4 Å². The van der Waals surface area contributed by atoms with Crippen molar-refractivity contribution in [1.29, 1.82) is 0 Å². The number of nitrogens with one attached hydrogen (secondary N) is 3. The van der Waals surface area contributed by atoms with Crippen LogP contribution >= 0.6 is 22.6 Å². The van der Waals surface area contributed by atoms with E-state index in [0.29, 0.717) is 23.2 Å². The van der Waals surface area contributed by atoms with Crippen LogP contribution in [0.3, 0.4) is 0 Å². The number of halogens is 1. The summed E-state index contributed by atoms with van der Waals surface area (Å²) in [5, 5.41) is 2.78. The van der Waals surface area contributed by atoms with Crippen molar-refractivity contribution >= 4 is 46.0 Å². The number of hydrazine groups is 1.